The molecule has 2 amide bonds. The third-order valence-corrected chi connectivity index (χ3v) is 6.04. The van der Waals surface area contributed by atoms with Gasteiger partial charge in [0.25, 0.3) is 0 Å². The number of carbonyl (C=O) groups excluding carboxylic acids is 4. The molecule has 1 aromatic carbocycles. The van der Waals surface area contributed by atoms with E-state index in [4.69, 9.17) is 9.47 Å². The number of carbonyl (C=O) groups is 4. The lowest BCUT2D eigenvalue weighted by molar-refractivity contribution is -0.152. The lowest BCUT2D eigenvalue weighted by atomic mass is 9.91. The molecule has 1 saturated heterocycles. The number of hydrogen-bond donors (Lipinski definition) is 2. The van der Waals surface area contributed by atoms with Crippen LogP contribution in [0.3, 0.4) is 0 Å². The van der Waals surface area contributed by atoms with Gasteiger partial charge in [0.15, 0.2) is 11.6 Å². The second-order valence-electron chi connectivity index (χ2n) is 11.4. The molecule has 0 bridgehead atoms. The first-order valence-electron chi connectivity index (χ1n) is 13.0. The molecule has 9 nitrogen and oxygen atoms in total. The molecule has 0 radical (unpaired) electrons. The van der Waals surface area contributed by atoms with Crippen LogP contribution in [0.1, 0.15) is 59.9 Å². The van der Waals surface area contributed by atoms with Crippen LogP contribution in [0.15, 0.2) is 30.3 Å². The first-order chi connectivity index (χ1) is 18.1. The van der Waals surface area contributed by atoms with Gasteiger partial charge in [0.05, 0.1) is 31.2 Å². The van der Waals surface area contributed by atoms with E-state index >= 15 is 0 Å². The van der Waals surface area contributed by atoms with Gasteiger partial charge in [-0.2, -0.15) is 8.78 Å². The maximum Gasteiger partial charge on any atom is 0.408 e. The summed E-state index contributed by atoms with van der Waals surface area (Å²) >= 11 is 0. The van der Waals surface area contributed by atoms with E-state index in [0.717, 1.165) is 5.56 Å². The normalized spacial score (nSPS) is 19.2. The maximum atomic E-state index is 13.3. The molecule has 218 valence electrons. The highest BCUT2D eigenvalue weighted by molar-refractivity contribution is 5.98. The summed E-state index contributed by atoms with van der Waals surface area (Å²) in [6, 6.07) is 6.96. The summed E-state index contributed by atoms with van der Waals surface area (Å²) in [6.45, 7) is 6.62. The van der Waals surface area contributed by atoms with Crippen LogP contribution in [-0.2, 0) is 35.0 Å². The number of nitrogens with one attached hydrogen (secondary N) is 2. The number of rotatable bonds is 15. The van der Waals surface area contributed by atoms with E-state index in [-0.39, 0.29) is 31.1 Å². The van der Waals surface area contributed by atoms with Crippen molar-refractivity contribution in [3.8, 4) is 0 Å². The number of benzene rings is 1. The predicted octanol–water partition coefficient (Wildman–Crippen LogP) is 3.83. The van der Waals surface area contributed by atoms with Crippen LogP contribution < -0.4 is 10.6 Å². The fourth-order valence-corrected chi connectivity index (χ4v) is 3.96. The van der Waals surface area contributed by atoms with Gasteiger partial charge in [-0.05, 0) is 52.0 Å². The van der Waals surface area contributed by atoms with Crippen molar-refractivity contribution in [2.75, 3.05) is 13.2 Å². The number of alkyl halides is 2. The molecule has 4 atom stereocenters. The van der Waals surface area contributed by atoms with Crippen LogP contribution in [0, 0.1) is 11.8 Å². The quantitative estimate of drug-likeness (QED) is 0.316. The van der Waals surface area contributed by atoms with Crippen molar-refractivity contribution in [1.29, 1.82) is 0 Å². The third kappa shape index (κ3) is 11.4. The number of epoxide rings is 1. The van der Waals surface area contributed by atoms with Crippen molar-refractivity contribution >= 4 is 23.6 Å². The second-order valence-corrected chi connectivity index (χ2v) is 11.4. The molecule has 0 saturated carbocycles. The van der Waals surface area contributed by atoms with E-state index in [1.807, 2.05) is 19.9 Å². The van der Waals surface area contributed by atoms with Crippen LogP contribution in [0.2, 0.25) is 0 Å². The Hall–Kier alpha value is -2.92. The zero-order valence-electron chi connectivity index (χ0n) is 23.4. The smallest absolute Gasteiger partial charge is 0.408 e. The summed E-state index contributed by atoms with van der Waals surface area (Å²) in [4.78, 5) is 52.0. The van der Waals surface area contributed by atoms with Gasteiger partial charge in [-0.25, -0.2) is 4.79 Å². The molecule has 0 unspecified atom stereocenters. The van der Waals surface area contributed by atoms with Gasteiger partial charge in [-0.3, -0.25) is 14.4 Å². The van der Waals surface area contributed by atoms with E-state index in [2.05, 4.69) is 15.4 Å². The minimum atomic E-state index is -3.16. The number of alkyl carbamates (subject to hydrolysis) is 1. The molecule has 2 N–H and O–H groups in total. The zero-order valence-corrected chi connectivity index (χ0v) is 23.4. The van der Waals surface area contributed by atoms with Crippen molar-refractivity contribution in [2.24, 2.45) is 11.8 Å². The SMILES string of the molecule is CC(C)C[C@H](NC(=O)OC(C)(C)C)C(=O)C[C@@H](COC(F)F)C(=O)N[C@@H](Cc1ccccc1)C(=O)[C@@]1(C)CO1. The number of amides is 2. The van der Waals surface area contributed by atoms with Gasteiger partial charge in [0.1, 0.15) is 11.2 Å². The molecule has 1 heterocycles. The van der Waals surface area contributed by atoms with Gasteiger partial charge >= 0.3 is 12.7 Å². The number of Topliss-reactive ketones (excluding diaryl/α,β-unsaturated/α-hetero) is 2. The minimum Gasteiger partial charge on any atom is -0.444 e. The minimum absolute atomic E-state index is 0.00867. The van der Waals surface area contributed by atoms with Gasteiger partial charge in [0, 0.05) is 6.42 Å². The monoisotopic (exact) mass is 554 g/mol. The third-order valence-electron chi connectivity index (χ3n) is 6.04. The largest absolute Gasteiger partial charge is 0.444 e. The van der Waals surface area contributed by atoms with Crippen molar-refractivity contribution in [1.82, 2.24) is 10.6 Å². The summed E-state index contributed by atoms with van der Waals surface area (Å²) in [5, 5.41) is 5.17. The van der Waals surface area contributed by atoms with Crippen LogP contribution in [0.25, 0.3) is 0 Å². The van der Waals surface area contributed by atoms with Crippen molar-refractivity contribution in [3.63, 3.8) is 0 Å². The number of halogens is 2. The molecule has 11 heteroatoms. The van der Waals surface area contributed by atoms with Crippen molar-refractivity contribution < 1.29 is 42.2 Å². The Bertz CT molecular complexity index is 991. The van der Waals surface area contributed by atoms with Gasteiger partial charge in [-0.15, -0.1) is 0 Å². The Morgan fingerprint density at radius 1 is 1.05 bits per heavy atom. The molecule has 2 rings (SSSR count). The van der Waals surface area contributed by atoms with Gasteiger partial charge in [0.2, 0.25) is 5.91 Å². The summed E-state index contributed by atoms with van der Waals surface area (Å²) in [6.07, 6.45) is -0.909. The highest BCUT2D eigenvalue weighted by atomic mass is 19.3. The fourth-order valence-electron chi connectivity index (χ4n) is 3.96. The average Bonchev–Trinajstić information content (AvgIpc) is 3.57. The topological polar surface area (TPSA) is 123 Å². The number of ether oxygens (including phenoxy) is 3. The molecule has 39 heavy (non-hydrogen) atoms. The average molecular weight is 555 g/mol. The van der Waals surface area contributed by atoms with Crippen LogP contribution in [0.4, 0.5) is 13.6 Å². The Morgan fingerprint density at radius 3 is 2.18 bits per heavy atom. The Balaban J connectivity index is 2.21. The van der Waals surface area contributed by atoms with Crippen molar-refractivity contribution in [2.45, 2.75) is 90.7 Å². The van der Waals surface area contributed by atoms with E-state index < -0.39 is 66.6 Å². The lowest BCUT2D eigenvalue weighted by Gasteiger charge is -2.26. The van der Waals surface area contributed by atoms with Crippen molar-refractivity contribution in [3.05, 3.63) is 35.9 Å². The van der Waals surface area contributed by atoms with E-state index in [9.17, 15) is 28.0 Å². The zero-order chi connectivity index (χ0) is 29.4. The molecular weight excluding hydrogens is 514 g/mol. The van der Waals surface area contributed by atoms with Gasteiger partial charge < -0.3 is 24.8 Å². The number of hydrogen-bond acceptors (Lipinski definition) is 7. The predicted molar refractivity (Wildman–Crippen MR) is 139 cm³/mol. The molecule has 1 aromatic rings. The Morgan fingerprint density at radius 2 is 1.67 bits per heavy atom. The Kier molecular flexibility index (Phi) is 11.5. The summed E-state index contributed by atoms with van der Waals surface area (Å²) in [5.74, 6) is -3.03. The first kappa shape index (κ1) is 32.3. The van der Waals surface area contributed by atoms with Crippen LogP contribution >= 0.6 is 0 Å². The molecule has 1 fully saturated rings. The van der Waals surface area contributed by atoms with E-state index in [1.165, 1.54) is 0 Å². The van der Waals surface area contributed by atoms with Gasteiger partial charge in [-0.1, -0.05) is 44.2 Å². The highest BCUT2D eigenvalue weighted by Crippen LogP contribution is 2.29. The first-order valence-corrected chi connectivity index (χ1v) is 13.0. The lowest BCUT2D eigenvalue weighted by Crippen LogP contribution is -2.51. The molecule has 1 aliphatic rings. The summed E-state index contributed by atoms with van der Waals surface area (Å²) in [5.41, 5.74) is -1.07. The second kappa shape index (κ2) is 13.9. The fraction of sp³-hybridized carbons (Fsp3) is 0.643. The van der Waals surface area contributed by atoms with E-state index in [1.54, 1.807) is 52.0 Å². The van der Waals surface area contributed by atoms with E-state index in [0.29, 0.717) is 0 Å². The molecule has 0 aliphatic carbocycles. The molecule has 0 aromatic heterocycles. The number of ketones is 2. The standard InChI is InChI=1S/C28H40F2N2O7/c1-17(2)12-20(32-26(36)39-27(3,4)5)22(33)14-19(15-37-25(29)30)24(35)31-21(23(34)28(6)16-38-28)13-18-10-8-7-9-11-18/h7-11,17,19-21,25H,12-16H2,1-6H3,(H,31,35)(H,32,36)/t19-,20-,21-,28+/m0/s1. The molecule has 1 aliphatic heterocycles. The van der Waals surface area contributed by atoms with Crippen LogP contribution in [-0.4, -0.2) is 66.7 Å². The maximum absolute atomic E-state index is 13.3. The summed E-state index contributed by atoms with van der Waals surface area (Å²) in [7, 11) is 0. The summed E-state index contributed by atoms with van der Waals surface area (Å²) < 4.78 is 40.8. The molecule has 0 spiro atoms. The highest BCUT2D eigenvalue weighted by Gasteiger charge is 2.50. The Labute approximate surface area is 228 Å². The molecular formula is C28H40F2N2O7. The van der Waals surface area contributed by atoms with Crippen LogP contribution in [0.5, 0.6) is 0 Å².